The van der Waals surface area contributed by atoms with Crippen LogP contribution in [0.5, 0.6) is 0 Å². The van der Waals surface area contributed by atoms with Crippen LogP contribution in [0.25, 0.3) is 11.3 Å². The first-order valence-electron chi connectivity index (χ1n) is 9.63. The molecule has 29 heavy (non-hydrogen) atoms. The summed E-state index contributed by atoms with van der Waals surface area (Å²) in [5, 5.41) is 0. The van der Waals surface area contributed by atoms with Crippen molar-refractivity contribution in [2.45, 2.75) is 26.0 Å². The van der Waals surface area contributed by atoms with E-state index in [1.807, 2.05) is 67.6 Å². The third-order valence-corrected chi connectivity index (χ3v) is 5.19. The zero-order chi connectivity index (χ0) is 20.2. The van der Waals surface area contributed by atoms with Crippen molar-refractivity contribution in [2.24, 2.45) is 5.92 Å². The number of amides is 1. The van der Waals surface area contributed by atoms with Gasteiger partial charge in [0.15, 0.2) is 12.4 Å². The highest BCUT2D eigenvalue weighted by Crippen LogP contribution is 2.29. The van der Waals surface area contributed by atoms with Crippen LogP contribution in [0.15, 0.2) is 71.3 Å². The van der Waals surface area contributed by atoms with Gasteiger partial charge in [-0.15, -0.1) is 0 Å². The molecule has 1 aromatic heterocycles. The fourth-order valence-corrected chi connectivity index (χ4v) is 3.54. The summed E-state index contributed by atoms with van der Waals surface area (Å²) >= 11 is 0. The molecule has 2 heterocycles. The number of oxazole rings is 1. The van der Waals surface area contributed by atoms with Gasteiger partial charge in [0.05, 0.1) is 18.2 Å². The van der Waals surface area contributed by atoms with Gasteiger partial charge in [-0.3, -0.25) is 9.59 Å². The van der Waals surface area contributed by atoms with E-state index in [1.54, 1.807) is 11.1 Å². The van der Waals surface area contributed by atoms with Gasteiger partial charge in [0.2, 0.25) is 11.8 Å². The minimum absolute atomic E-state index is 0.0363. The number of benzene rings is 2. The number of hydrogen-bond donors (Lipinski definition) is 0. The summed E-state index contributed by atoms with van der Waals surface area (Å²) in [7, 11) is 0. The van der Waals surface area contributed by atoms with Crippen LogP contribution in [-0.2, 0) is 20.9 Å². The van der Waals surface area contributed by atoms with Gasteiger partial charge in [-0.2, -0.15) is 0 Å². The highest BCUT2D eigenvalue weighted by molar-refractivity contribution is 5.87. The Bertz CT molecular complexity index is 984. The van der Waals surface area contributed by atoms with Crippen LogP contribution < -0.4 is 0 Å². The lowest BCUT2D eigenvalue weighted by Crippen LogP contribution is -2.29. The molecular formula is C23H22N2O4. The molecule has 148 valence electrons. The van der Waals surface area contributed by atoms with Crippen LogP contribution in [-0.4, -0.2) is 28.3 Å². The van der Waals surface area contributed by atoms with Crippen LogP contribution in [0.2, 0.25) is 0 Å². The molecular weight excluding hydrogens is 368 g/mol. The summed E-state index contributed by atoms with van der Waals surface area (Å²) < 4.78 is 11.0. The third-order valence-electron chi connectivity index (χ3n) is 5.19. The smallest absolute Gasteiger partial charge is 0.311 e. The number of carbonyl (C=O) groups is 2. The maximum absolute atomic E-state index is 12.5. The molecule has 0 radical (unpaired) electrons. The molecule has 0 aliphatic carbocycles. The van der Waals surface area contributed by atoms with Gasteiger partial charge in [-0.25, -0.2) is 4.98 Å². The molecule has 1 fully saturated rings. The second-order valence-corrected chi connectivity index (χ2v) is 7.13. The summed E-state index contributed by atoms with van der Waals surface area (Å²) in [6.07, 6.45) is 1.78. The Morgan fingerprint density at radius 1 is 1.17 bits per heavy atom. The maximum atomic E-state index is 12.5. The Kier molecular flexibility index (Phi) is 5.42. The van der Waals surface area contributed by atoms with Gasteiger partial charge >= 0.3 is 5.97 Å². The molecule has 1 aliphatic heterocycles. The van der Waals surface area contributed by atoms with Gasteiger partial charge in [-0.05, 0) is 12.5 Å². The van der Waals surface area contributed by atoms with E-state index in [-0.39, 0.29) is 25.0 Å². The minimum Gasteiger partial charge on any atom is -0.455 e. The van der Waals surface area contributed by atoms with Crippen molar-refractivity contribution < 1.29 is 18.7 Å². The number of nitrogens with zero attached hydrogens (tertiary/aromatic N) is 2. The Morgan fingerprint density at radius 3 is 2.59 bits per heavy atom. The lowest BCUT2D eigenvalue weighted by Gasteiger charge is -2.25. The van der Waals surface area contributed by atoms with E-state index in [0.29, 0.717) is 18.2 Å². The van der Waals surface area contributed by atoms with Gasteiger partial charge < -0.3 is 14.1 Å². The summed E-state index contributed by atoms with van der Waals surface area (Å²) in [6.45, 7) is 2.28. The summed E-state index contributed by atoms with van der Waals surface area (Å²) in [5.41, 5.74) is 1.95. The molecule has 1 amide bonds. The third kappa shape index (κ3) is 4.21. The first-order valence-corrected chi connectivity index (χ1v) is 9.63. The molecule has 2 atom stereocenters. The number of ether oxygens (including phenoxy) is 1. The summed E-state index contributed by atoms with van der Waals surface area (Å²) in [6, 6.07) is 19.3. The van der Waals surface area contributed by atoms with Crippen LogP contribution in [0.1, 0.15) is 30.8 Å². The standard InChI is InChI=1S/C23H22N2O4/c1-16(17-8-4-2-5-9-17)25-14-19(12-22(25)26)23(27)28-15-21-24-13-20(29-21)18-10-6-3-7-11-18/h2-11,13,16,19H,12,14-15H2,1H3/t16-,19-/m0/s1. The largest absolute Gasteiger partial charge is 0.455 e. The fraction of sp³-hybridized carbons (Fsp3) is 0.261. The zero-order valence-corrected chi connectivity index (χ0v) is 16.2. The van der Waals surface area contributed by atoms with Gasteiger partial charge in [0, 0.05) is 18.5 Å². The normalized spacial score (nSPS) is 17.3. The fourth-order valence-electron chi connectivity index (χ4n) is 3.54. The van der Waals surface area contributed by atoms with Crippen LogP contribution in [0.4, 0.5) is 0 Å². The van der Waals surface area contributed by atoms with Crippen molar-refractivity contribution in [3.8, 4) is 11.3 Å². The van der Waals surface area contributed by atoms with Crippen molar-refractivity contribution in [3.63, 3.8) is 0 Å². The molecule has 1 aliphatic rings. The molecule has 6 heteroatoms. The van der Waals surface area contributed by atoms with E-state index in [4.69, 9.17) is 9.15 Å². The Labute approximate surface area is 169 Å². The highest BCUT2D eigenvalue weighted by Gasteiger charge is 2.38. The first-order chi connectivity index (χ1) is 14.1. The number of rotatable bonds is 6. The minimum atomic E-state index is -0.475. The Hall–Kier alpha value is -3.41. The molecule has 0 unspecified atom stereocenters. The molecule has 1 saturated heterocycles. The van der Waals surface area contributed by atoms with Gasteiger partial charge in [0.25, 0.3) is 0 Å². The van der Waals surface area contributed by atoms with E-state index >= 15 is 0 Å². The van der Waals surface area contributed by atoms with Crippen LogP contribution in [0, 0.1) is 5.92 Å². The lowest BCUT2D eigenvalue weighted by molar-refractivity contribution is -0.150. The van der Waals surface area contributed by atoms with Crippen LogP contribution >= 0.6 is 0 Å². The van der Waals surface area contributed by atoms with E-state index in [0.717, 1.165) is 11.1 Å². The topological polar surface area (TPSA) is 72.6 Å². The predicted octanol–water partition coefficient (Wildman–Crippen LogP) is 3.99. The zero-order valence-electron chi connectivity index (χ0n) is 16.2. The molecule has 4 rings (SSSR count). The number of hydrogen-bond acceptors (Lipinski definition) is 5. The molecule has 2 aromatic carbocycles. The maximum Gasteiger partial charge on any atom is 0.311 e. The number of likely N-dealkylation sites (tertiary alicyclic amines) is 1. The second kappa shape index (κ2) is 8.31. The van der Waals surface area contributed by atoms with Crippen molar-refractivity contribution >= 4 is 11.9 Å². The summed E-state index contributed by atoms with van der Waals surface area (Å²) in [4.78, 5) is 30.8. The number of carbonyl (C=O) groups excluding carboxylic acids is 2. The molecule has 0 saturated carbocycles. The average Bonchev–Trinajstić information content (AvgIpc) is 3.40. The van der Waals surface area contributed by atoms with Crippen molar-refractivity contribution in [2.75, 3.05) is 6.54 Å². The van der Waals surface area contributed by atoms with E-state index in [2.05, 4.69) is 4.98 Å². The van der Waals surface area contributed by atoms with Crippen LogP contribution in [0.3, 0.4) is 0 Å². The van der Waals surface area contributed by atoms with Gasteiger partial charge in [-0.1, -0.05) is 60.7 Å². The molecule has 0 N–H and O–H groups in total. The monoisotopic (exact) mass is 390 g/mol. The van der Waals surface area contributed by atoms with Crippen molar-refractivity contribution in [1.82, 2.24) is 9.88 Å². The average molecular weight is 390 g/mol. The van der Waals surface area contributed by atoms with E-state index < -0.39 is 11.9 Å². The van der Waals surface area contributed by atoms with E-state index in [1.165, 1.54) is 0 Å². The van der Waals surface area contributed by atoms with Crippen molar-refractivity contribution in [3.05, 3.63) is 78.3 Å². The Balaban J connectivity index is 1.34. The van der Waals surface area contributed by atoms with Crippen molar-refractivity contribution in [1.29, 1.82) is 0 Å². The van der Waals surface area contributed by atoms with E-state index in [9.17, 15) is 9.59 Å². The Morgan fingerprint density at radius 2 is 1.86 bits per heavy atom. The lowest BCUT2D eigenvalue weighted by atomic mass is 10.1. The highest BCUT2D eigenvalue weighted by atomic mass is 16.5. The molecule has 0 spiro atoms. The van der Waals surface area contributed by atoms with Gasteiger partial charge in [0.1, 0.15) is 0 Å². The molecule has 6 nitrogen and oxygen atoms in total. The summed E-state index contributed by atoms with van der Waals surface area (Å²) in [5.74, 6) is 0.0372. The molecule has 3 aromatic rings. The predicted molar refractivity (Wildman–Crippen MR) is 106 cm³/mol. The second-order valence-electron chi connectivity index (χ2n) is 7.13. The molecule has 0 bridgehead atoms. The first kappa shape index (κ1) is 18.9. The SMILES string of the molecule is C[C@@H](c1ccccc1)N1C[C@@H](C(=O)OCc2ncc(-c3ccccc3)o2)CC1=O. The number of aromatic nitrogens is 1. The quantitative estimate of drug-likeness (QED) is 0.595. The number of esters is 1.